The minimum Gasteiger partial charge on any atom is -0.494 e. The van der Waals surface area contributed by atoms with Crippen molar-refractivity contribution in [1.82, 2.24) is 15.7 Å². The van der Waals surface area contributed by atoms with E-state index in [1.165, 1.54) is 76.9 Å². The zero-order valence-electron chi connectivity index (χ0n) is 24.0. The number of benzene rings is 1. The molecule has 0 aliphatic carbocycles. The summed E-state index contributed by atoms with van der Waals surface area (Å²) in [5.41, 5.74) is 0.642. The molecule has 38 heavy (non-hydrogen) atoms. The van der Waals surface area contributed by atoms with E-state index in [-0.39, 0.29) is 11.8 Å². The molecule has 0 aromatic heterocycles. The van der Waals surface area contributed by atoms with Gasteiger partial charge in [0.05, 0.1) is 13.7 Å². The minimum absolute atomic E-state index is 0.0648. The number of hydrogen-bond donors (Lipinski definition) is 3. The number of carbonyl (C=O) groups is 3. The van der Waals surface area contributed by atoms with Crippen LogP contribution in [0, 0.1) is 0 Å². The van der Waals surface area contributed by atoms with E-state index in [0.717, 1.165) is 13.0 Å². The predicted octanol–water partition coefficient (Wildman–Crippen LogP) is 5.17. The molecule has 216 valence electrons. The van der Waals surface area contributed by atoms with Gasteiger partial charge in [-0.2, -0.15) is 0 Å². The molecule has 9 nitrogen and oxygen atoms in total. The Bertz CT molecular complexity index is 784. The van der Waals surface area contributed by atoms with E-state index in [2.05, 4.69) is 22.9 Å². The average molecular weight is 535 g/mol. The third kappa shape index (κ3) is 15.4. The lowest BCUT2D eigenvalue weighted by Crippen LogP contribution is -2.51. The average Bonchev–Trinajstić information content (AvgIpc) is 2.90. The van der Waals surface area contributed by atoms with Gasteiger partial charge in [0.1, 0.15) is 5.75 Å². The second kappa shape index (κ2) is 21.2. The number of nitrogens with zero attached hydrogens (tertiary/aromatic N) is 1. The highest BCUT2D eigenvalue weighted by atomic mass is 16.7. The van der Waals surface area contributed by atoms with E-state index >= 15 is 0 Å². The second-order valence-electron chi connectivity index (χ2n) is 9.50. The van der Waals surface area contributed by atoms with Gasteiger partial charge in [0, 0.05) is 32.1 Å². The number of hydrogen-bond acceptors (Lipinski definition) is 6. The van der Waals surface area contributed by atoms with E-state index in [0.29, 0.717) is 37.4 Å². The highest BCUT2D eigenvalue weighted by molar-refractivity contribution is 5.88. The van der Waals surface area contributed by atoms with Gasteiger partial charge in [-0.05, 0) is 44.0 Å². The molecule has 0 aliphatic rings. The molecule has 9 heteroatoms. The van der Waals surface area contributed by atoms with E-state index < -0.39 is 12.1 Å². The van der Waals surface area contributed by atoms with Crippen molar-refractivity contribution in [3.63, 3.8) is 0 Å². The molecular weight excluding hydrogens is 484 g/mol. The summed E-state index contributed by atoms with van der Waals surface area (Å²) < 4.78 is 5.74. The summed E-state index contributed by atoms with van der Waals surface area (Å²) in [5.74, 6) is -0.0156. The number of likely N-dealkylation sites (N-methyl/N-ethyl adjacent to an activating group) is 1. The Labute approximate surface area is 229 Å². The molecule has 0 saturated carbocycles. The Morgan fingerprint density at radius 3 is 2.03 bits per heavy atom. The van der Waals surface area contributed by atoms with Crippen molar-refractivity contribution in [2.45, 2.75) is 104 Å². The molecule has 1 atom stereocenters. The van der Waals surface area contributed by atoms with Crippen LogP contribution in [0.5, 0.6) is 5.75 Å². The lowest BCUT2D eigenvalue weighted by Gasteiger charge is -2.25. The number of unbranched alkanes of at least 4 members (excludes halogenated alkanes) is 9. The third-order valence-electron chi connectivity index (χ3n) is 6.18. The molecule has 3 amide bonds. The van der Waals surface area contributed by atoms with Gasteiger partial charge in [0.2, 0.25) is 11.8 Å². The highest BCUT2D eigenvalue weighted by Crippen LogP contribution is 2.17. The van der Waals surface area contributed by atoms with Crippen LogP contribution in [0.15, 0.2) is 24.3 Å². The smallest absolute Gasteiger partial charge is 0.289 e. The Morgan fingerprint density at radius 1 is 0.868 bits per heavy atom. The molecule has 0 saturated heterocycles. The topological polar surface area (TPSA) is 109 Å². The van der Waals surface area contributed by atoms with Crippen LogP contribution in [0.25, 0.3) is 0 Å². The van der Waals surface area contributed by atoms with Crippen LogP contribution < -0.4 is 20.7 Å². The molecule has 0 spiro atoms. The largest absolute Gasteiger partial charge is 0.494 e. The van der Waals surface area contributed by atoms with Crippen molar-refractivity contribution in [2.75, 3.05) is 32.1 Å². The number of anilines is 1. The molecule has 0 heterocycles. The standard InChI is InChI=1S/C29H50N4O5/c1-5-7-8-9-10-11-12-13-14-15-22-30-27(35)17-16-23-38-26-20-18-25(19-21-26)32-28(31-24(3)34)29(36)33(6-2)37-4/h18-21,28,32H,5-17,22-23H2,1-4H3,(H,30,35)(H,31,34). The molecular formula is C29H50N4O5. The molecule has 1 aromatic carbocycles. The lowest BCUT2D eigenvalue weighted by molar-refractivity contribution is -0.176. The fourth-order valence-electron chi connectivity index (χ4n) is 4.05. The van der Waals surface area contributed by atoms with Crippen molar-refractivity contribution >= 4 is 23.4 Å². The van der Waals surface area contributed by atoms with E-state index in [1.807, 2.05) is 0 Å². The van der Waals surface area contributed by atoms with Gasteiger partial charge in [-0.1, -0.05) is 64.7 Å². The zero-order valence-corrected chi connectivity index (χ0v) is 24.0. The number of amides is 3. The summed E-state index contributed by atoms with van der Waals surface area (Å²) in [6.07, 6.45) is 12.9. The van der Waals surface area contributed by atoms with E-state index in [4.69, 9.17) is 9.57 Å². The molecule has 0 fully saturated rings. The molecule has 3 N–H and O–H groups in total. The molecule has 0 aliphatic heterocycles. The van der Waals surface area contributed by atoms with Gasteiger partial charge < -0.3 is 20.7 Å². The molecule has 1 rings (SSSR count). The van der Waals surface area contributed by atoms with E-state index in [9.17, 15) is 14.4 Å². The maximum absolute atomic E-state index is 12.6. The van der Waals surface area contributed by atoms with Gasteiger partial charge in [0.15, 0.2) is 6.17 Å². The van der Waals surface area contributed by atoms with Gasteiger partial charge in [-0.3, -0.25) is 19.2 Å². The van der Waals surface area contributed by atoms with Gasteiger partial charge in [-0.15, -0.1) is 0 Å². The van der Waals surface area contributed by atoms with Crippen molar-refractivity contribution in [3.8, 4) is 5.75 Å². The number of nitrogens with one attached hydrogen (secondary N) is 3. The monoisotopic (exact) mass is 534 g/mol. The number of hydroxylamine groups is 2. The lowest BCUT2D eigenvalue weighted by atomic mass is 10.1. The van der Waals surface area contributed by atoms with Crippen LogP contribution in [0.2, 0.25) is 0 Å². The first-order valence-corrected chi connectivity index (χ1v) is 14.3. The Balaban J connectivity index is 2.21. The third-order valence-corrected chi connectivity index (χ3v) is 6.18. The summed E-state index contributed by atoms with van der Waals surface area (Å²) in [5, 5.41) is 9.76. The molecule has 0 bridgehead atoms. The molecule has 0 radical (unpaired) electrons. The number of carbonyl (C=O) groups excluding carboxylic acids is 3. The van der Waals surface area contributed by atoms with Crippen LogP contribution >= 0.6 is 0 Å². The SMILES string of the molecule is CCCCCCCCCCCCNC(=O)CCCOc1ccc(NC(NC(C)=O)C(=O)N(CC)OC)cc1. The normalized spacial score (nSPS) is 11.5. The maximum Gasteiger partial charge on any atom is 0.289 e. The van der Waals surface area contributed by atoms with Gasteiger partial charge in [0.25, 0.3) is 5.91 Å². The Morgan fingerprint density at radius 2 is 1.47 bits per heavy atom. The Hall–Kier alpha value is -2.81. The molecule has 1 aromatic rings. The fraction of sp³-hybridized carbons (Fsp3) is 0.690. The first-order chi connectivity index (χ1) is 18.4. The maximum atomic E-state index is 12.6. The van der Waals surface area contributed by atoms with Gasteiger partial charge in [-0.25, -0.2) is 5.06 Å². The van der Waals surface area contributed by atoms with Crippen molar-refractivity contribution < 1.29 is 24.0 Å². The minimum atomic E-state index is -0.960. The summed E-state index contributed by atoms with van der Waals surface area (Å²) in [6, 6.07) is 7.08. The number of rotatable bonds is 22. The first kappa shape index (κ1) is 33.2. The van der Waals surface area contributed by atoms with Crippen molar-refractivity contribution in [1.29, 1.82) is 0 Å². The van der Waals surface area contributed by atoms with E-state index in [1.54, 1.807) is 31.2 Å². The van der Waals surface area contributed by atoms with Crippen molar-refractivity contribution in [2.24, 2.45) is 0 Å². The zero-order chi connectivity index (χ0) is 28.0. The summed E-state index contributed by atoms with van der Waals surface area (Å²) >= 11 is 0. The molecule has 1 unspecified atom stereocenters. The van der Waals surface area contributed by atoms with Gasteiger partial charge >= 0.3 is 0 Å². The van der Waals surface area contributed by atoms with Crippen LogP contribution in [-0.2, 0) is 19.2 Å². The van der Waals surface area contributed by atoms with Crippen molar-refractivity contribution in [3.05, 3.63) is 24.3 Å². The summed E-state index contributed by atoms with van der Waals surface area (Å²) in [6.45, 7) is 6.90. The quantitative estimate of drug-likeness (QED) is 0.108. The second-order valence-corrected chi connectivity index (χ2v) is 9.50. The van der Waals surface area contributed by atoms with Crippen LogP contribution in [0.3, 0.4) is 0 Å². The first-order valence-electron chi connectivity index (χ1n) is 14.3. The van der Waals surface area contributed by atoms with Crippen LogP contribution in [0.4, 0.5) is 5.69 Å². The predicted molar refractivity (Wildman–Crippen MR) is 152 cm³/mol. The van der Waals surface area contributed by atoms with Crippen LogP contribution in [0.1, 0.15) is 97.8 Å². The summed E-state index contributed by atoms with van der Waals surface area (Å²) in [7, 11) is 1.40. The Kier molecular flexibility index (Phi) is 18.5. The fourth-order valence-corrected chi connectivity index (χ4v) is 4.05. The number of ether oxygens (including phenoxy) is 1. The van der Waals surface area contributed by atoms with Crippen LogP contribution in [-0.4, -0.2) is 55.8 Å². The summed E-state index contributed by atoms with van der Waals surface area (Å²) in [4.78, 5) is 41.2. The highest BCUT2D eigenvalue weighted by Gasteiger charge is 2.24.